The molecule has 26 heavy (non-hydrogen) atoms. The summed E-state index contributed by atoms with van der Waals surface area (Å²) < 4.78 is 0. The first-order valence-corrected chi connectivity index (χ1v) is 10.7. The van der Waals surface area contributed by atoms with Gasteiger partial charge in [-0.3, -0.25) is 4.99 Å². The topological polar surface area (TPSA) is 39.7 Å². The summed E-state index contributed by atoms with van der Waals surface area (Å²) in [6, 6.07) is 6.64. The molecule has 1 aromatic rings. The molecular formula is C20H35IN4S. The van der Waals surface area contributed by atoms with Crippen LogP contribution < -0.4 is 10.6 Å². The van der Waals surface area contributed by atoms with Crippen molar-refractivity contribution in [3.05, 3.63) is 29.3 Å². The number of likely N-dealkylation sites (tertiary alicyclic amines) is 1. The van der Waals surface area contributed by atoms with E-state index in [4.69, 9.17) is 0 Å². The van der Waals surface area contributed by atoms with E-state index >= 15 is 0 Å². The highest BCUT2D eigenvalue weighted by Gasteiger charge is 2.18. The van der Waals surface area contributed by atoms with Crippen LogP contribution >= 0.6 is 35.7 Å². The SMILES string of the molecule is CCCN1CCC(CNC(=NC)NCc2ccc(C)cc2SC)CC1.I. The van der Waals surface area contributed by atoms with E-state index in [9.17, 15) is 0 Å². The Bertz CT molecular complexity index is 557. The quantitative estimate of drug-likeness (QED) is 0.261. The Kier molecular flexibility index (Phi) is 11.6. The summed E-state index contributed by atoms with van der Waals surface area (Å²) in [5.41, 5.74) is 2.64. The maximum atomic E-state index is 4.38. The van der Waals surface area contributed by atoms with Gasteiger partial charge in [0, 0.05) is 25.0 Å². The summed E-state index contributed by atoms with van der Waals surface area (Å²) >= 11 is 1.80. The Morgan fingerprint density at radius 2 is 2.00 bits per heavy atom. The van der Waals surface area contributed by atoms with E-state index in [-0.39, 0.29) is 24.0 Å². The van der Waals surface area contributed by atoms with Crippen LogP contribution in [0.5, 0.6) is 0 Å². The fourth-order valence-corrected chi connectivity index (χ4v) is 4.07. The average molecular weight is 490 g/mol. The first-order valence-electron chi connectivity index (χ1n) is 9.46. The Hall–Kier alpha value is -0.470. The van der Waals surface area contributed by atoms with Crippen molar-refractivity contribution in [3.63, 3.8) is 0 Å². The number of nitrogens with zero attached hydrogens (tertiary/aromatic N) is 2. The number of benzene rings is 1. The lowest BCUT2D eigenvalue weighted by Crippen LogP contribution is -2.42. The van der Waals surface area contributed by atoms with Crippen LogP contribution in [0.2, 0.25) is 0 Å². The molecule has 1 fully saturated rings. The Labute approximate surface area is 181 Å². The highest BCUT2D eigenvalue weighted by atomic mass is 127. The molecule has 0 saturated carbocycles. The van der Waals surface area contributed by atoms with Crippen LogP contribution in [-0.2, 0) is 6.54 Å². The number of aliphatic imine (C=N–C) groups is 1. The Balaban J connectivity index is 0.00000338. The largest absolute Gasteiger partial charge is 0.356 e. The van der Waals surface area contributed by atoms with E-state index in [1.807, 2.05) is 7.05 Å². The molecule has 0 radical (unpaired) electrons. The van der Waals surface area contributed by atoms with E-state index in [1.54, 1.807) is 11.8 Å². The lowest BCUT2D eigenvalue weighted by Gasteiger charge is -2.32. The van der Waals surface area contributed by atoms with Crippen LogP contribution in [0.3, 0.4) is 0 Å². The maximum absolute atomic E-state index is 4.38. The Morgan fingerprint density at radius 1 is 1.27 bits per heavy atom. The third-order valence-electron chi connectivity index (χ3n) is 4.92. The molecule has 1 aromatic carbocycles. The minimum Gasteiger partial charge on any atom is -0.356 e. The third-order valence-corrected chi connectivity index (χ3v) is 5.74. The molecule has 4 nitrogen and oxygen atoms in total. The third kappa shape index (κ3) is 7.64. The molecule has 0 amide bonds. The van der Waals surface area contributed by atoms with Crippen molar-refractivity contribution in [2.75, 3.05) is 39.5 Å². The molecule has 1 saturated heterocycles. The molecule has 148 valence electrons. The number of nitrogens with one attached hydrogen (secondary N) is 2. The number of halogens is 1. The van der Waals surface area contributed by atoms with E-state index in [1.165, 1.54) is 54.9 Å². The van der Waals surface area contributed by atoms with Gasteiger partial charge in [-0.15, -0.1) is 35.7 Å². The van der Waals surface area contributed by atoms with Crippen molar-refractivity contribution in [3.8, 4) is 0 Å². The summed E-state index contributed by atoms with van der Waals surface area (Å²) in [5, 5.41) is 6.98. The van der Waals surface area contributed by atoms with Gasteiger partial charge < -0.3 is 15.5 Å². The van der Waals surface area contributed by atoms with Gasteiger partial charge in [-0.05, 0) is 75.2 Å². The van der Waals surface area contributed by atoms with Crippen molar-refractivity contribution < 1.29 is 0 Å². The molecule has 1 heterocycles. The maximum Gasteiger partial charge on any atom is 0.191 e. The molecule has 1 aliphatic heterocycles. The molecule has 2 N–H and O–H groups in total. The monoisotopic (exact) mass is 490 g/mol. The molecule has 6 heteroatoms. The fraction of sp³-hybridized carbons (Fsp3) is 0.650. The lowest BCUT2D eigenvalue weighted by molar-refractivity contribution is 0.185. The van der Waals surface area contributed by atoms with Crippen LogP contribution in [-0.4, -0.2) is 50.3 Å². The van der Waals surface area contributed by atoms with Gasteiger partial charge in [0.2, 0.25) is 0 Å². The van der Waals surface area contributed by atoms with Gasteiger partial charge in [-0.1, -0.05) is 19.1 Å². The molecule has 0 spiro atoms. The number of guanidine groups is 1. The van der Waals surface area contributed by atoms with Crippen molar-refractivity contribution in [1.82, 2.24) is 15.5 Å². The summed E-state index contributed by atoms with van der Waals surface area (Å²) in [5.74, 6) is 1.66. The van der Waals surface area contributed by atoms with Gasteiger partial charge in [0.05, 0.1) is 0 Å². The molecule has 0 aliphatic carbocycles. The number of thioether (sulfide) groups is 1. The highest BCUT2D eigenvalue weighted by Crippen LogP contribution is 2.21. The van der Waals surface area contributed by atoms with Gasteiger partial charge in [0.25, 0.3) is 0 Å². The Morgan fingerprint density at radius 3 is 2.62 bits per heavy atom. The molecule has 1 aliphatic rings. The highest BCUT2D eigenvalue weighted by molar-refractivity contribution is 14.0. The van der Waals surface area contributed by atoms with Gasteiger partial charge in [-0.25, -0.2) is 0 Å². The van der Waals surface area contributed by atoms with Crippen molar-refractivity contribution in [1.29, 1.82) is 0 Å². The standard InChI is InChI=1S/C20H34N4S.HI/c1-5-10-24-11-8-17(9-12-24)14-22-20(21-3)23-15-18-7-6-16(2)13-19(18)25-4;/h6-7,13,17H,5,8-12,14-15H2,1-4H3,(H2,21,22,23);1H. The fourth-order valence-electron chi connectivity index (χ4n) is 3.37. The van der Waals surface area contributed by atoms with Gasteiger partial charge in [0.15, 0.2) is 5.96 Å². The van der Waals surface area contributed by atoms with Crippen LogP contribution in [0.15, 0.2) is 28.1 Å². The average Bonchev–Trinajstić information content (AvgIpc) is 2.64. The minimum absolute atomic E-state index is 0. The molecule has 0 aromatic heterocycles. The van der Waals surface area contributed by atoms with Crippen LogP contribution in [0.1, 0.15) is 37.3 Å². The van der Waals surface area contributed by atoms with Crippen molar-refractivity contribution in [2.24, 2.45) is 10.9 Å². The van der Waals surface area contributed by atoms with E-state index in [2.05, 4.69) is 58.8 Å². The molecule has 0 atom stereocenters. The smallest absolute Gasteiger partial charge is 0.191 e. The van der Waals surface area contributed by atoms with Gasteiger partial charge in [0.1, 0.15) is 0 Å². The number of aryl methyl sites for hydroxylation is 1. The number of hydrogen-bond donors (Lipinski definition) is 2. The molecule has 0 bridgehead atoms. The normalized spacial score (nSPS) is 16.2. The van der Waals surface area contributed by atoms with E-state index < -0.39 is 0 Å². The number of rotatable bonds is 7. The van der Waals surface area contributed by atoms with Gasteiger partial charge >= 0.3 is 0 Å². The van der Waals surface area contributed by atoms with Gasteiger partial charge in [-0.2, -0.15) is 0 Å². The second-order valence-electron chi connectivity index (χ2n) is 6.91. The van der Waals surface area contributed by atoms with Crippen molar-refractivity contribution in [2.45, 2.75) is 44.6 Å². The van der Waals surface area contributed by atoms with Crippen molar-refractivity contribution >= 4 is 41.7 Å². The van der Waals surface area contributed by atoms with Crippen LogP contribution in [0, 0.1) is 12.8 Å². The molecular weight excluding hydrogens is 455 g/mol. The first-order chi connectivity index (χ1) is 12.2. The number of hydrogen-bond acceptors (Lipinski definition) is 3. The zero-order valence-electron chi connectivity index (χ0n) is 16.7. The second kappa shape index (κ2) is 12.8. The number of piperidine rings is 1. The minimum atomic E-state index is 0. The second-order valence-corrected chi connectivity index (χ2v) is 7.76. The zero-order valence-corrected chi connectivity index (χ0v) is 19.8. The summed E-state index contributed by atoms with van der Waals surface area (Å²) in [4.78, 5) is 8.31. The summed E-state index contributed by atoms with van der Waals surface area (Å²) in [6.07, 6.45) is 5.98. The molecule has 2 rings (SSSR count). The lowest BCUT2D eigenvalue weighted by atomic mass is 9.97. The van der Waals surface area contributed by atoms with E-state index in [0.717, 1.165) is 25.0 Å². The van der Waals surface area contributed by atoms with E-state index in [0.29, 0.717) is 0 Å². The predicted molar refractivity (Wildman–Crippen MR) is 126 cm³/mol. The van der Waals surface area contributed by atoms with Crippen LogP contribution in [0.25, 0.3) is 0 Å². The summed E-state index contributed by atoms with van der Waals surface area (Å²) in [7, 11) is 1.85. The zero-order chi connectivity index (χ0) is 18.1. The first kappa shape index (κ1) is 23.6. The molecule has 0 unspecified atom stereocenters. The predicted octanol–water partition coefficient (Wildman–Crippen LogP) is 4.12. The van der Waals surface area contributed by atoms with Crippen LogP contribution in [0.4, 0.5) is 0 Å². The summed E-state index contributed by atoms with van der Waals surface area (Å²) in [6.45, 7) is 9.97.